The van der Waals surface area contributed by atoms with Gasteiger partial charge in [0.25, 0.3) is 0 Å². The molecular formula is C12H16ClNO5S. The third-order valence-corrected chi connectivity index (χ3v) is 4.52. The van der Waals surface area contributed by atoms with Gasteiger partial charge in [-0.15, -0.1) is 0 Å². The van der Waals surface area contributed by atoms with Gasteiger partial charge in [-0.25, -0.2) is 17.9 Å². The molecule has 1 aromatic carbocycles. The number of halogens is 1. The summed E-state index contributed by atoms with van der Waals surface area (Å²) >= 11 is 5.81. The molecule has 112 valence electrons. The van der Waals surface area contributed by atoms with E-state index >= 15 is 0 Å². The van der Waals surface area contributed by atoms with Gasteiger partial charge in [0.2, 0.25) is 10.0 Å². The highest BCUT2D eigenvalue weighted by molar-refractivity contribution is 7.89. The lowest BCUT2D eigenvalue weighted by Crippen LogP contribution is -2.36. The number of aliphatic hydroxyl groups excluding tert-OH is 1. The van der Waals surface area contributed by atoms with Gasteiger partial charge < -0.3 is 10.2 Å². The number of rotatable bonds is 6. The van der Waals surface area contributed by atoms with Crippen molar-refractivity contribution in [3.05, 3.63) is 28.8 Å². The van der Waals surface area contributed by atoms with E-state index in [1.165, 1.54) is 12.1 Å². The Morgan fingerprint density at radius 1 is 1.40 bits per heavy atom. The van der Waals surface area contributed by atoms with Crippen LogP contribution < -0.4 is 4.72 Å². The van der Waals surface area contributed by atoms with Crippen LogP contribution in [-0.4, -0.2) is 37.8 Å². The number of hydrogen-bond donors (Lipinski definition) is 3. The topological polar surface area (TPSA) is 104 Å². The summed E-state index contributed by atoms with van der Waals surface area (Å²) in [5.41, 5.74) is -0.805. The minimum atomic E-state index is -3.95. The Labute approximate surface area is 122 Å². The quantitative estimate of drug-likeness (QED) is 0.733. The van der Waals surface area contributed by atoms with Crippen molar-refractivity contribution in [1.82, 2.24) is 4.72 Å². The molecule has 8 heteroatoms. The number of carbonyl (C=O) groups is 1. The highest BCUT2D eigenvalue weighted by Gasteiger charge is 2.24. The first-order valence-electron chi connectivity index (χ1n) is 5.72. The molecule has 6 nitrogen and oxygen atoms in total. The molecule has 0 saturated carbocycles. The molecular weight excluding hydrogens is 306 g/mol. The van der Waals surface area contributed by atoms with E-state index in [4.69, 9.17) is 21.8 Å². The first kappa shape index (κ1) is 16.9. The summed E-state index contributed by atoms with van der Waals surface area (Å²) in [6.45, 7) is 3.17. The maximum Gasteiger partial charge on any atom is 0.335 e. The van der Waals surface area contributed by atoms with Crippen LogP contribution in [-0.2, 0) is 10.0 Å². The summed E-state index contributed by atoms with van der Waals surface area (Å²) in [7, 11) is -3.95. The molecule has 0 aromatic heterocycles. The summed E-state index contributed by atoms with van der Waals surface area (Å²) in [4.78, 5) is 10.6. The van der Waals surface area contributed by atoms with Gasteiger partial charge in [0.1, 0.15) is 4.90 Å². The van der Waals surface area contributed by atoms with E-state index in [1.54, 1.807) is 13.8 Å². The maximum absolute atomic E-state index is 12.1. The molecule has 0 bridgehead atoms. The average molecular weight is 322 g/mol. The third-order valence-electron chi connectivity index (χ3n) is 2.64. The second-order valence-corrected chi connectivity index (χ2v) is 7.24. The molecule has 0 fully saturated rings. The van der Waals surface area contributed by atoms with E-state index < -0.39 is 21.4 Å². The lowest BCUT2D eigenvalue weighted by molar-refractivity contribution is 0.0696. The molecule has 0 spiro atoms. The van der Waals surface area contributed by atoms with Crippen molar-refractivity contribution in [2.75, 3.05) is 13.2 Å². The monoisotopic (exact) mass is 321 g/mol. The van der Waals surface area contributed by atoms with Crippen molar-refractivity contribution in [2.45, 2.75) is 18.7 Å². The number of benzene rings is 1. The first-order chi connectivity index (χ1) is 9.09. The van der Waals surface area contributed by atoms with Gasteiger partial charge in [-0.3, -0.25) is 0 Å². The predicted molar refractivity (Wildman–Crippen MR) is 74.5 cm³/mol. The Morgan fingerprint density at radius 3 is 2.50 bits per heavy atom. The fraction of sp³-hybridized carbons (Fsp3) is 0.417. The molecule has 1 rings (SSSR count). The van der Waals surface area contributed by atoms with Gasteiger partial charge in [0, 0.05) is 18.6 Å². The Bertz CT molecular complexity index is 612. The number of carboxylic acid groups (broad SMARTS) is 1. The van der Waals surface area contributed by atoms with Crippen LogP contribution >= 0.6 is 11.6 Å². The molecule has 0 heterocycles. The maximum atomic E-state index is 12.1. The number of hydrogen-bond acceptors (Lipinski definition) is 4. The van der Waals surface area contributed by atoms with Crippen LogP contribution in [0, 0.1) is 5.41 Å². The van der Waals surface area contributed by atoms with Crippen molar-refractivity contribution >= 4 is 27.6 Å². The summed E-state index contributed by atoms with van der Waals surface area (Å²) < 4.78 is 26.5. The highest BCUT2D eigenvalue weighted by atomic mass is 35.5. The summed E-state index contributed by atoms with van der Waals surface area (Å²) in [6.07, 6.45) is 0. The standard InChI is InChI=1S/C12H16ClNO5S/c1-12(2,7-15)6-14-20(18,19)10-5-8(11(16)17)3-4-9(10)13/h3-5,14-15H,6-7H2,1-2H3,(H,16,17). The summed E-state index contributed by atoms with van der Waals surface area (Å²) in [6, 6.07) is 3.44. The largest absolute Gasteiger partial charge is 0.478 e. The average Bonchev–Trinajstić information content (AvgIpc) is 2.37. The molecule has 3 N–H and O–H groups in total. The molecule has 0 unspecified atom stereocenters. The van der Waals surface area contributed by atoms with E-state index in [-0.39, 0.29) is 28.6 Å². The van der Waals surface area contributed by atoms with E-state index in [9.17, 15) is 13.2 Å². The molecule has 0 amide bonds. The summed E-state index contributed by atoms with van der Waals surface area (Å²) in [5, 5.41) is 17.9. The van der Waals surface area contributed by atoms with Crippen molar-refractivity contribution in [1.29, 1.82) is 0 Å². The Kier molecular flexibility index (Phi) is 5.15. The second-order valence-electron chi connectivity index (χ2n) is 5.10. The fourth-order valence-corrected chi connectivity index (χ4v) is 3.03. The molecule has 1 aromatic rings. The molecule has 0 aliphatic rings. The highest BCUT2D eigenvalue weighted by Crippen LogP contribution is 2.23. The number of aliphatic hydroxyl groups is 1. The number of sulfonamides is 1. The Morgan fingerprint density at radius 2 is 2.00 bits per heavy atom. The van der Waals surface area contributed by atoms with Crippen LogP contribution in [0.25, 0.3) is 0 Å². The lowest BCUT2D eigenvalue weighted by Gasteiger charge is -2.22. The van der Waals surface area contributed by atoms with Crippen LogP contribution in [0.15, 0.2) is 23.1 Å². The van der Waals surface area contributed by atoms with Crippen molar-refractivity contribution in [2.24, 2.45) is 5.41 Å². The van der Waals surface area contributed by atoms with Gasteiger partial charge in [0.15, 0.2) is 0 Å². The molecule has 20 heavy (non-hydrogen) atoms. The van der Waals surface area contributed by atoms with Crippen LogP contribution in [0.2, 0.25) is 5.02 Å². The van der Waals surface area contributed by atoms with Crippen molar-refractivity contribution in [3.63, 3.8) is 0 Å². The molecule has 0 aliphatic heterocycles. The zero-order valence-electron chi connectivity index (χ0n) is 11.1. The zero-order valence-corrected chi connectivity index (χ0v) is 12.6. The van der Waals surface area contributed by atoms with Gasteiger partial charge >= 0.3 is 5.97 Å². The predicted octanol–water partition coefficient (Wildman–Crippen LogP) is 1.34. The minimum absolute atomic E-state index is 0.000534. The number of aromatic carboxylic acids is 1. The Hall–Kier alpha value is -1.15. The molecule has 0 saturated heterocycles. The van der Waals surface area contributed by atoms with Gasteiger partial charge in [-0.2, -0.15) is 0 Å². The molecule has 0 atom stereocenters. The van der Waals surface area contributed by atoms with E-state index in [0.29, 0.717) is 0 Å². The Balaban J connectivity index is 3.09. The second kappa shape index (κ2) is 6.09. The van der Waals surface area contributed by atoms with Gasteiger partial charge in [-0.05, 0) is 18.2 Å². The number of carboxylic acids is 1. The molecule has 0 radical (unpaired) electrons. The minimum Gasteiger partial charge on any atom is -0.478 e. The first-order valence-corrected chi connectivity index (χ1v) is 7.58. The van der Waals surface area contributed by atoms with E-state index in [1.807, 2.05) is 0 Å². The van der Waals surface area contributed by atoms with E-state index in [0.717, 1.165) is 6.07 Å². The van der Waals surface area contributed by atoms with Gasteiger partial charge in [-0.1, -0.05) is 25.4 Å². The van der Waals surface area contributed by atoms with Crippen LogP contribution in [0.1, 0.15) is 24.2 Å². The van der Waals surface area contributed by atoms with Crippen molar-refractivity contribution in [3.8, 4) is 0 Å². The zero-order chi connectivity index (χ0) is 15.6. The smallest absolute Gasteiger partial charge is 0.335 e. The summed E-state index contributed by atoms with van der Waals surface area (Å²) in [5.74, 6) is -1.24. The van der Waals surface area contributed by atoms with Crippen LogP contribution in [0.3, 0.4) is 0 Å². The SMILES string of the molecule is CC(C)(CO)CNS(=O)(=O)c1cc(C(=O)O)ccc1Cl. The van der Waals surface area contributed by atoms with Crippen LogP contribution in [0.5, 0.6) is 0 Å². The lowest BCUT2D eigenvalue weighted by atomic mass is 9.96. The van der Waals surface area contributed by atoms with E-state index in [2.05, 4.69) is 4.72 Å². The third kappa shape index (κ3) is 4.17. The van der Waals surface area contributed by atoms with Crippen molar-refractivity contribution < 1.29 is 23.4 Å². The number of nitrogens with one attached hydrogen (secondary N) is 1. The fourth-order valence-electron chi connectivity index (χ4n) is 1.27. The van der Waals surface area contributed by atoms with Crippen LogP contribution in [0.4, 0.5) is 0 Å². The van der Waals surface area contributed by atoms with Gasteiger partial charge in [0.05, 0.1) is 10.6 Å². The molecule has 0 aliphatic carbocycles. The normalized spacial score (nSPS) is 12.4.